The molecule has 6 N–H and O–H groups in total. The molecule has 0 bridgehead atoms. The zero-order valence-electron chi connectivity index (χ0n) is 18.8. The lowest BCUT2D eigenvalue weighted by Gasteiger charge is -2.32. The Labute approximate surface area is 190 Å². The molecule has 0 aromatic heterocycles. The van der Waals surface area contributed by atoms with Crippen LogP contribution in [0, 0.1) is 5.92 Å². The SMILES string of the molecule is CC(=[NH2+])/C(=N\[NH2+]c1cccc(O)c1)C(=O)NCCN1CCC(CCc2ccccc2)CC1. The fourth-order valence-corrected chi connectivity index (χ4v) is 4.01. The van der Waals surface area contributed by atoms with E-state index in [1.54, 1.807) is 31.2 Å². The first-order valence-electron chi connectivity index (χ1n) is 11.3. The fourth-order valence-electron chi connectivity index (χ4n) is 4.01. The first-order chi connectivity index (χ1) is 15.5. The molecule has 32 heavy (non-hydrogen) atoms. The summed E-state index contributed by atoms with van der Waals surface area (Å²) in [4.78, 5) is 15.0. The monoisotopic (exact) mass is 437 g/mol. The first-order valence-corrected chi connectivity index (χ1v) is 11.3. The zero-order valence-corrected chi connectivity index (χ0v) is 18.8. The second-order valence-electron chi connectivity index (χ2n) is 8.45. The van der Waals surface area contributed by atoms with Crippen LogP contribution in [0.4, 0.5) is 5.69 Å². The fraction of sp³-hybridized carbons (Fsp3) is 0.400. The van der Waals surface area contributed by atoms with E-state index in [9.17, 15) is 9.90 Å². The second kappa shape index (κ2) is 12.1. The number of rotatable bonds is 10. The Bertz CT molecular complexity index is 921. The molecule has 7 nitrogen and oxygen atoms in total. The Hall–Kier alpha value is -3.03. The summed E-state index contributed by atoms with van der Waals surface area (Å²) in [5, 5.41) is 22.6. The summed E-state index contributed by atoms with van der Waals surface area (Å²) in [6.45, 7) is 5.19. The molecule has 1 heterocycles. The summed E-state index contributed by atoms with van der Waals surface area (Å²) in [5.74, 6) is 0.652. The Morgan fingerprint density at radius 2 is 1.94 bits per heavy atom. The Morgan fingerprint density at radius 1 is 1.19 bits per heavy atom. The van der Waals surface area contributed by atoms with Crippen molar-refractivity contribution in [2.75, 3.05) is 26.2 Å². The van der Waals surface area contributed by atoms with Crippen LogP contribution in [0.2, 0.25) is 0 Å². The van der Waals surface area contributed by atoms with E-state index in [4.69, 9.17) is 5.41 Å². The average molecular weight is 438 g/mol. The minimum absolute atomic E-state index is 0.150. The number of aromatic hydroxyl groups is 1. The number of aryl methyl sites for hydroxylation is 1. The van der Waals surface area contributed by atoms with Gasteiger partial charge in [-0.05, 0) is 56.3 Å². The van der Waals surface area contributed by atoms with Gasteiger partial charge in [-0.1, -0.05) is 41.5 Å². The maximum atomic E-state index is 12.6. The number of phenolic OH excluding ortho intramolecular Hbond substituents is 1. The first kappa shape index (κ1) is 23.6. The second-order valence-corrected chi connectivity index (χ2v) is 8.45. The highest BCUT2D eigenvalue weighted by Crippen LogP contribution is 2.22. The van der Waals surface area contributed by atoms with Crippen LogP contribution in [0.25, 0.3) is 0 Å². The van der Waals surface area contributed by atoms with E-state index in [-0.39, 0.29) is 17.4 Å². The van der Waals surface area contributed by atoms with Crippen molar-refractivity contribution in [1.82, 2.24) is 10.2 Å². The Morgan fingerprint density at radius 3 is 2.62 bits per heavy atom. The van der Waals surface area contributed by atoms with Crippen LogP contribution in [0.5, 0.6) is 5.75 Å². The van der Waals surface area contributed by atoms with E-state index in [1.165, 1.54) is 30.3 Å². The van der Waals surface area contributed by atoms with Crippen molar-refractivity contribution in [2.45, 2.75) is 32.6 Å². The molecule has 1 aliphatic rings. The maximum absolute atomic E-state index is 12.6. The lowest BCUT2D eigenvalue weighted by Crippen LogP contribution is -2.73. The van der Waals surface area contributed by atoms with Crippen LogP contribution in [-0.4, -0.2) is 53.5 Å². The van der Waals surface area contributed by atoms with Crippen LogP contribution in [0.15, 0.2) is 59.7 Å². The number of amides is 1. The van der Waals surface area contributed by atoms with Gasteiger partial charge in [0.2, 0.25) is 11.4 Å². The summed E-state index contributed by atoms with van der Waals surface area (Å²) < 4.78 is 0. The number of nitrogens with one attached hydrogen (secondary N) is 1. The number of carbonyl (C=O) groups is 1. The third-order valence-corrected chi connectivity index (χ3v) is 5.91. The molecular weight excluding hydrogens is 402 g/mol. The van der Waals surface area contributed by atoms with Crippen molar-refractivity contribution in [1.29, 1.82) is 0 Å². The van der Waals surface area contributed by atoms with Crippen molar-refractivity contribution in [3.8, 4) is 5.75 Å². The molecule has 0 aliphatic carbocycles. The number of benzene rings is 2. The van der Waals surface area contributed by atoms with Gasteiger partial charge in [-0.25, -0.2) is 0 Å². The number of piperidine rings is 1. The van der Waals surface area contributed by atoms with Gasteiger partial charge < -0.3 is 15.3 Å². The van der Waals surface area contributed by atoms with Crippen molar-refractivity contribution >= 4 is 23.0 Å². The quantitative estimate of drug-likeness (QED) is 0.189. The van der Waals surface area contributed by atoms with Crippen LogP contribution in [-0.2, 0) is 11.2 Å². The van der Waals surface area contributed by atoms with Gasteiger partial charge in [-0.15, -0.1) is 0 Å². The molecule has 0 atom stereocenters. The van der Waals surface area contributed by atoms with Crippen molar-refractivity contribution in [3.63, 3.8) is 0 Å². The number of nitrogens with two attached hydrogens (primary N) is 2. The number of hydrogen-bond acceptors (Lipinski definition) is 4. The van der Waals surface area contributed by atoms with Gasteiger partial charge in [0.1, 0.15) is 5.75 Å². The lowest BCUT2D eigenvalue weighted by molar-refractivity contribution is -0.577. The van der Waals surface area contributed by atoms with Crippen LogP contribution in [0.1, 0.15) is 31.7 Å². The predicted molar refractivity (Wildman–Crippen MR) is 127 cm³/mol. The van der Waals surface area contributed by atoms with Crippen LogP contribution < -0.4 is 16.2 Å². The van der Waals surface area contributed by atoms with E-state index >= 15 is 0 Å². The van der Waals surface area contributed by atoms with Gasteiger partial charge in [-0.2, -0.15) is 5.43 Å². The molecule has 1 aliphatic heterocycles. The highest BCUT2D eigenvalue weighted by atomic mass is 16.3. The van der Waals surface area contributed by atoms with Crippen molar-refractivity contribution in [2.24, 2.45) is 11.0 Å². The summed E-state index contributed by atoms with van der Waals surface area (Å²) in [6, 6.07) is 17.4. The molecule has 1 saturated heterocycles. The highest BCUT2D eigenvalue weighted by molar-refractivity contribution is 6.65. The van der Waals surface area contributed by atoms with E-state index in [1.807, 2.05) is 0 Å². The zero-order chi connectivity index (χ0) is 22.8. The Balaban J connectivity index is 1.38. The molecule has 0 radical (unpaired) electrons. The molecule has 170 valence electrons. The minimum Gasteiger partial charge on any atom is -0.508 e. The van der Waals surface area contributed by atoms with Gasteiger partial charge in [-0.3, -0.25) is 10.2 Å². The van der Waals surface area contributed by atoms with E-state index in [2.05, 4.69) is 45.6 Å². The normalized spacial score (nSPS) is 15.5. The van der Waals surface area contributed by atoms with Crippen LogP contribution in [0.3, 0.4) is 0 Å². The number of phenols is 1. The molecule has 2 aromatic rings. The third kappa shape index (κ3) is 7.59. The summed E-state index contributed by atoms with van der Waals surface area (Å²) >= 11 is 0. The van der Waals surface area contributed by atoms with Gasteiger partial charge in [0.15, 0.2) is 5.69 Å². The van der Waals surface area contributed by atoms with Gasteiger partial charge >= 0.3 is 0 Å². The number of carbonyl (C=O) groups excluding carboxylic acids is 1. The van der Waals surface area contributed by atoms with Crippen LogP contribution >= 0.6 is 0 Å². The van der Waals surface area contributed by atoms with Crippen molar-refractivity contribution < 1.29 is 20.7 Å². The smallest absolute Gasteiger partial charge is 0.281 e. The standard InChI is InChI=1S/C25H33N5O2/c1-19(26)24(29-28-22-8-5-9-23(31)18-22)25(32)27-14-17-30-15-12-21(13-16-30)11-10-20-6-3-2-4-7-20/h2-9,18,21,26,28,31H,10-17H2,1H3,(H,27,32)/p+2/b26-19?,29-24+. The maximum Gasteiger partial charge on any atom is 0.281 e. The predicted octanol–water partition coefficient (Wildman–Crippen LogP) is 0.624. The van der Waals surface area contributed by atoms with E-state index in [0.717, 1.165) is 32.0 Å². The van der Waals surface area contributed by atoms with E-state index < -0.39 is 0 Å². The summed E-state index contributed by atoms with van der Waals surface area (Å²) in [5.41, 5.74) is 4.21. The van der Waals surface area contributed by atoms with E-state index in [0.29, 0.717) is 17.9 Å². The molecule has 3 rings (SSSR count). The number of hydrogen-bond donors (Lipinski definition) is 4. The van der Waals surface area contributed by atoms with Gasteiger partial charge in [0.05, 0.1) is 0 Å². The number of likely N-dealkylation sites (tertiary alicyclic amines) is 1. The average Bonchev–Trinajstić information content (AvgIpc) is 2.79. The highest BCUT2D eigenvalue weighted by Gasteiger charge is 2.22. The molecule has 1 amide bonds. The van der Waals surface area contributed by atoms with Gasteiger partial charge in [0, 0.05) is 32.1 Å². The molecule has 0 unspecified atom stereocenters. The molecule has 0 saturated carbocycles. The molecule has 2 aromatic carbocycles. The lowest BCUT2D eigenvalue weighted by atomic mass is 9.90. The summed E-state index contributed by atoms with van der Waals surface area (Å²) in [7, 11) is 0. The molecular formula is C25H35N5O2+2. The summed E-state index contributed by atoms with van der Waals surface area (Å²) in [6.07, 6.45) is 4.82. The Kier molecular flexibility index (Phi) is 8.95. The number of nitrogens with zero attached hydrogens (tertiary/aromatic N) is 2. The third-order valence-electron chi connectivity index (χ3n) is 5.91. The molecule has 7 heteroatoms. The minimum atomic E-state index is -0.279. The largest absolute Gasteiger partial charge is 0.508 e. The topological polar surface area (TPSA) is 107 Å². The van der Waals surface area contributed by atoms with Gasteiger partial charge in [0.25, 0.3) is 5.91 Å². The van der Waals surface area contributed by atoms with Crippen molar-refractivity contribution in [3.05, 3.63) is 60.2 Å². The molecule has 0 spiro atoms. The number of quaternary nitrogens is 1. The molecule has 1 fully saturated rings.